The average molecular weight is 431 g/mol. The largest absolute Gasteiger partial charge is 0.489 e. The van der Waals surface area contributed by atoms with Crippen LogP contribution in [0, 0.1) is 0 Å². The van der Waals surface area contributed by atoms with Crippen molar-refractivity contribution in [3.8, 4) is 17.1 Å². The van der Waals surface area contributed by atoms with Crippen molar-refractivity contribution < 1.29 is 4.74 Å². The van der Waals surface area contributed by atoms with Crippen molar-refractivity contribution in [2.75, 3.05) is 0 Å². The Morgan fingerprint density at radius 3 is 1.84 bits per heavy atom. The minimum absolute atomic E-state index is 0.582. The minimum atomic E-state index is 0.582. The number of hydrogen-bond acceptors (Lipinski definition) is 3. The molecule has 3 aromatic rings. The zero-order valence-electron chi connectivity index (χ0n) is 19.9. The first-order valence-corrected chi connectivity index (χ1v) is 12.4. The van der Waals surface area contributed by atoms with E-state index in [0.29, 0.717) is 6.61 Å². The van der Waals surface area contributed by atoms with Gasteiger partial charge < -0.3 is 4.74 Å². The summed E-state index contributed by atoms with van der Waals surface area (Å²) in [6, 6.07) is 16.9. The summed E-state index contributed by atoms with van der Waals surface area (Å²) in [6.45, 7) is 5.07. The quantitative estimate of drug-likeness (QED) is 0.243. The van der Waals surface area contributed by atoms with E-state index < -0.39 is 0 Å². The molecule has 0 N–H and O–H groups in total. The molecule has 0 aliphatic carbocycles. The summed E-state index contributed by atoms with van der Waals surface area (Å²) in [4.78, 5) is 9.09. The van der Waals surface area contributed by atoms with Crippen LogP contribution >= 0.6 is 0 Å². The molecule has 0 aliphatic rings. The maximum absolute atomic E-state index is 5.98. The normalized spacial score (nSPS) is 10.9. The van der Waals surface area contributed by atoms with Crippen LogP contribution in [0.25, 0.3) is 11.4 Å². The third-order valence-corrected chi connectivity index (χ3v) is 5.88. The lowest BCUT2D eigenvalue weighted by molar-refractivity contribution is 0.306. The first-order chi connectivity index (χ1) is 15.8. The fourth-order valence-corrected chi connectivity index (χ4v) is 3.81. The Bertz CT molecular complexity index is 886. The lowest BCUT2D eigenvalue weighted by Crippen LogP contribution is -1.96. The van der Waals surface area contributed by atoms with Gasteiger partial charge in [-0.25, -0.2) is 9.97 Å². The van der Waals surface area contributed by atoms with Crippen molar-refractivity contribution in [1.82, 2.24) is 9.97 Å². The maximum Gasteiger partial charge on any atom is 0.159 e. The van der Waals surface area contributed by atoms with Gasteiger partial charge in [0.15, 0.2) is 5.82 Å². The van der Waals surface area contributed by atoms with Crippen LogP contribution in [0.5, 0.6) is 5.75 Å². The molecule has 1 heterocycles. The summed E-state index contributed by atoms with van der Waals surface area (Å²) < 4.78 is 5.98. The molecule has 0 atom stereocenters. The summed E-state index contributed by atoms with van der Waals surface area (Å²) in [5, 5.41) is 0. The van der Waals surface area contributed by atoms with E-state index in [-0.39, 0.29) is 0 Å². The Balaban J connectivity index is 1.44. The van der Waals surface area contributed by atoms with Crippen LogP contribution in [0.4, 0.5) is 0 Å². The smallest absolute Gasteiger partial charge is 0.159 e. The molecular formula is C29H38N2O. The van der Waals surface area contributed by atoms with Gasteiger partial charge in [-0.1, -0.05) is 76.6 Å². The van der Waals surface area contributed by atoms with E-state index in [4.69, 9.17) is 4.74 Å². The molecule has 32 heavy (non-hydrogen) atoms. The highest BCUT2D eigenvalue weighted by molar-refractivity contribution is 5.55. The van der Waals surface area contributed by atoms with E-state index in [2.05, 4.69) is 48.1 Å². The van der Waals surface area contributed by atoms with Crippen LogP contribution in [0.1, 0.15) is 81.9 Å². The van der Waals surface area contributed by atoms with Gasteiger partial charge in [-0.05, 0) is 66.6 Å². The van der Waals surface area contributed by atoms with Crippen LogP contribution in [0.3, 0.4) is 0 Å². The third-order valence-electron chi connectivity index (χ3n) is 5.88. The number of aryl methyl sites for hydroxylation is 2. The van der Waals surface area contributed by atoms with Crippen LogP contribution in [0.15, 0.2) is 60.9 Å². The number of ether oxygens (including phenoxy) is 1. The molecule has 3 rings (SSSR count). The highest BCUT2D eigenvalue weighted by Gasteiger charge is 2.04. The van der Waals surface area contributed by atoms with Crippen LogP contribution < -0.4 is 4.74 Å². The van der Waals surface area contributed by atoms with Crippen molar-refractivity contribution in [3.63, 3.8) is 0 Å². The molecule has 3 nitrogen and oxygen atoms in total. The molecule has 0 saturated carbocycles. The van der Waals surface area contributed by atoms with Gasteiger partial charge in [0.05, 0.1) is 0 Å². The van der Waals surface area contributed by atoms with Crippen molar-refractivity contribution in [1.29, 1.82) is 0 Å². The topological polar surface area (TPSA) is 35.0 Å². The van der Waals surface area contributed by atoms with Crippen molar-refractivity contribution >= 4 is 0 Å². The Hall–Kier alpha value is -2.68. The SMILES string of the molecule is CCCCCCCc1ccc(COc2ccc(-c3ncc(CCCCC)cn3)cc2)cc1. The molecule has 0 unspecified atom stereocenters. The lowest BCUT2D eigenvalue weighted by Gasteiger charge is -2.08. The van der Waals surface area contributed by atoms with Crippen LogP contribution in [-0.2, 0) is 19.4 Å². The van der Waals surface area contributed by atoms with Gasteiger partial charge in [-0.3, -0.25) is 0 Å². The fraction of sp³-hybridized carbons (Fsp3) is 0.448. The summed E-state index contributed by atoms with van der Waals surface area (Å²) >= 11 is 0. The van der Waals surface area contributed by atoms with Gasteiger partial charge in [0.25, 0.3) is 0 Å². The number of rotatable bonds is 14. The molecule has 0 amide bonds. The molecule has 0 aliphatic heterocycles. The van der Waals surface area contributed by atoms with E-state index in [1.54, 1.807) is 0 Å². The van der Waals surface area contributed by atoms with E-state index in [1.165, 1.54) is 74.5 Å². The minimum Gasteiger partial charge on any atom is -0.489 e. The summed E-state index contributed by atoms with van der Waals surface area (Å²) in [6.07, 6.45) is 16.5. The fourth-order valence-electron chi connectivity index (χ4n) is 3.81. The Labute approximate surface area is 194 Å². The van der Waals surface area contributed by atoms with E-state index >= 15 is 0 Å². The third kappa shape index (κ3) is 8.11. The molecule has 0 fully saturated rings. The van der Waals surface area contributed by atoms with Gasteiger partial charge in [0.2, 0.25) is 0 Å². The van der Waals surface area contributed by atoms with Crippen LogP contribution in [-0.4, -0.2) is 9.97 Å². The number of nitrogens with zero attached hydrogens (tertiary/aromatic N) is 2. The van der Waals surface area contributed by atoms with Crippen molar-refractivity contribution in [3.05, 3.63) is 77.6 Å². The Kier molecular flexibility index (Phi) is 10.2. The molecule has 1 aromatic heterocycles. The predicted octanol–water partition coefficient (Wildman–Crippen LogP) is 7.97. The monoisotopic (exact) mass is 430 g/mol. The number of unbranched alkanes of at least 4 members (excludes halogenated alkanes) is 6. The molecule has 3 heteroatoms. The van der Waals surface area contributed by atoms with E-state index in [1.807, 2.05) is 36.7 Å². The van der Waals surface area contributed by atoms with Crippen LogP contribution in [0.2, 0.25) is 0 Å². The van der Waals surface area contributed by atoms with E-state index in [0.717, 1.165) is 23.6 Å². The number of aromatic nitrogens is 2. The second-order valence-electron chi connectivity index (χ2n) is 8.67. The summed E-state index contributed by atoms with van der Waals surface area (Å²) in [5.41, 5.74) is 4.85. The molecule has 2 aromatic carbocycles. The Morgan fingerprint density at radius 2 is 1.16 bits per heavy atom. The van der Waals surface area contributed by atoms with Gasteiger partial charge in [-0.15, -0.1) is 0 Å². The van der Waals surface area contributed by atoms with Gasteiger partial charge in [0, 0.05) is 18.0 Å². The highest BCUT2D eigenvalue weighted by atomic mass is 16.5. The molecule has 0 bridgehead atoms. The summed E-state index contributed by atoms with van der Waals surface area (Å²) in [7, 11) is 0. The standard InChI is InChI=1S/C29H38N2O/c1-3-5-7-8-10-11-24-13-15-25(16-14-24)23-32-28-19-17-27(18-20-28)29-30-21-26(22-31-29)12-9-6-4-2/h13-22H,3-12,23H2,1-2H3. The number of hydrogen-bond donors (Lipinski definition) is 0. The second-order valence-corrected chi connectivity index (χ2v) is 8.67. The van der Waals surface area contributed by atoms with Gasteiger partial charge in [-0.2, -0.15) is 0 Å². The molecule has 0 spiro atoms. The first-order valence-electron chi connectivity index (χ1n) is 12.4. The predicted molar refractivity (Wildman–Crippen MR) is 134 cm³/mol. The molecule has 0 saturated heterocycles. The lowest BCUT2D eigenvalue weighted by atomic mass is 10.0. The zero-order valence-corrected chi connectivity index (χ0v) is 19.9. The number of benzene rings is 2. The maximum atomic E-state index is 5.98. The van der Waals surface area contributed by atoms with E-state index in [9.17, 15) is 0 Å². The van der Waals surface area contributed by atoms with Gasteiger partial charge >= 0.3 is 0 Å². The molecule has 0 radical (unpaired) electrons. The first kappa shape index (κ1) is 24.0. The Morgan fingerprint density at radius 1 is 0.594 bits per heavy atom. The summed E-state index contributed by atoms with van der Waals surface area (Å²) in [5.74, 6) is 1.63. The molecular weight excluding hydrogens is 392 g/mol. The molecule has 170 valence electrons. The van der Waals surface area contributed by atoms with Crippen molar-refractivity contribution in [2.45, 2.75) is 84.7 Å². The highest BCUT2D eigenvalue weighted by Crippen LogP contribution is 2.21. The van der Waals surface area contributed by atoms with Gasteiger partial charge in [0.1, 0.15) is 12.4 Å². The average Bonchev–Trinajstić information content (AvgIpc) is 2.84. The second kappa shape index (κ2) is 13.7. The zero-order chi connectivity index (χ0) is 22.4. The van der Waals surface area contributed by atoms with Crippen molar-refractivity contribution in [2.24, 2.45) is 0 Å².